The summed E-state index contributed by atoms with van der Waals surface area (Å²) in [5, 5.41) is 0. The van der Waals surface area contributed by atoms with E-state index in [0.29, 0.717) is 43.2 Å². The van der Waals surface area contributed by atoms with Crippen molar-refractivity contribution in [3.8, 4) is 11.5 Å². The largest absolute Gasteiger partial charge is 0.454 e. The molecule has 0 saturated carbocycles. The quantitative estimate of drug-likeness (QED) is 0.807. The standard InChI is InChI=1S/C16H22N2O4/c1-4-17(5-2)16(20)8-9-18(12(3)19)13-6-7-14-15(10-13)22-11-21-14/h6-7,10H,4-5,8-9,11H2,1-3H3. The topological polar surface area (TPSA) is 59.1 Å². The summed E-state index contributed by atoms with van der Waals surface area (Å²) < 4.78 is 10.6. The Kier molecular flexibility index (Phi) is 5.25. The van der Waals surface area contributed by atoms with E-state index in [9.17, 15) is 9.59 Å². The molecule has 6 nitrogen and oxygen atoms in total. The first kappa shape index (κ1) is 16.1. The van der Waals surface area contributed by atoms with Crippen LogP contribution in [0.15, 0.2) is 18.2 Å². The zero-order valence-corrected chi connectivity index (χ0v) is 13.3. The smallest absolute Gasteiger partial charge is 0.231 e. The second-order valence-electron chi connectivity index (χ2n) is 5.02. The maximum atomic E-state index is 12.1. The molecule has 0 spiro atoms. The predicted molar refractivity (Wildman–Crippen MR) is 83.1 cm³/mol. The van der Waals surface area contributed by atoms with Gasteiger partial charge in [-0.2, -0.15) is 0 Å². The van der Waals surface area contributed by atoms with Gasteiger partial charge in [-0.1, -0.05) is 0 Å². The highest BCUT2D eigenvalue weighted by atomic mass is 16.7. The zero-order valence-electron chi connectivity index (χ0n) is 13.3. The molecule has 0 bridgehead atoms. The maximum absolute atomic E-state index is 12.1. The molecule has 2 rings (SSSR count). The van der Waals surface area contributed by atoms with E-state index in [1.165, 1.54) is 6.92 Å². The molecule has 0 unspecified atom stereocenters. The fraction of sp³-hybridized carbons (Fsp3) is 0.500. The molecule has 0 saturated heterocycles. The Morgan fingerprint density at radius 3 is 2.45 bits per heavy atom. The molecule has 22 heavy (non-hydrogen) atoms. The molecule has 1 aromatic carbocycles. The van der Waals surface area contributed by atoms with Crippen LogP contribution in [0.5, 0.6) is 11.5 Å². The Balaban J connectivity index is 2.07. The van der Waals surface area contributed by atoms with Crippen LogP contribution in [0.4, 0.5) is 5.69 Å². The van der Waals surface area contributed by atoms with Gasteiger partial charge in [0.25, 0.3) is 0 Å². The molecule has 0 atom stereocenters. The van der Waals surface area contributed by atoms with Gasteiger partial charge < -0.3 is 19.3 Å². The second-order valence-corrected chi connectivity index (χ2v) is 5.02. The summed E-state index contributed by atoms with van der Waals surface area (Å²) in [4.78, 5) is 27.3. The summed E-state index contributed by atoms with van der Waals surface area (Å²) in [6.07, 6.45) is 0.301. The number of amides is 2. The maximum Gasteiger partial charge on any atom is 0.231 e. The molecule has 0 N–H and O–H groups in total. The van der Waals surface area contributed by atoms with Gasteiger partial charge in [0.2, 0.25) is 18.6 Å². The van der Waals surface area contributed by atoms with Crippen molar-refractivity contribution in [2.45, 2.75) is 27.2 Å². The number of ether oxygens (including phenoxy) is 2. The Labute approximate surface area is 130 Å². The van der Waals surface area contributed by atoms with Gasteiger partial charge in [0, 0.05) is 44.7 Å². The lowest BCUT2D eigenvalue weighted by Gasteiger charge is -2.24. The summed E-state index contributed by atoms with van der Waals surface area (Å²) in [5.74, 6) is 1.24. The van der Waals surface area contributed by atoms with Crippen molar-refractivity contribution in [1.29, 1.82) is 0 Å². The first-order valence-electron chi connectivity index (χ1n) is 7.52. The van der Waals surface area contributed by atoms with Crippen LogP contribution in [0.25, 0.3) is 0 Å². The van der Waals surface area contributed by atoms with E-state index in [1.54, 1.807) is 28.0 Å². The van der Waals surface area contributed by atoms with Gasteiger partial charge in [-0.05, 0) is 26.0 Å². The number of hydrogen-bond acceptors (Lipinski definition) is 4. The average molecular weight is 306 g/mol. The highest BCUT2D eigenvalue weighted by Gasteiger charge is 2.19. The third kappa shape index (κ3) is 3.50. The van der Waals surface area contributed by atoms with Crippen molar-refractivity contribution in [1.82, 2.24) is 4.90 Å². The monoisotopic (exact) mass is 306 g/mol. The third-order valence-corrected chi connectivity index (χ3v) is 3.71. The molecule has 120 valence electrons. The fourth-order valence-corrected chi connectivity index (χ4v) is 2.46. The van der Waals surface area contributed by atoms with Crippen molar-refractivity contribution >= 4 is 17.5 Å². The van der Waals surface area contributed by atoms with Crippen LogP contribution < -0.4 is 14.4 Å². The number of carbonyl (C=O) groups is 2. The molecule has 1 heterocycles. The van der Waals surface area contributed by atoms with Crippen molar-refractivity contribution in [3.05, 3.63) is 18.2 Å². The summed E-state index contributed by atoms with van der Waals surface area (Å²) >= 11 is 0. The SMILES string of the molecule is CCN(CC)C(=O)CCN(C(C)=O)c1ccc2c(c1)OCO2. The molecule has 1 aliphatic rings. The molecule has 0 fully saturated rings. The molecule has 2 amide bonds. The summed E-state index contributed by atoms with van der Waals surface area (Å²) in [6, 6.07) is 5.35. The minimum Gasteiger partial charge on any atom is -0.454 e. The van der Waals surface area contributed by atoms with Crippen molar-refractivity contribution < 1.29 is 19.1 Å². The van der Waals surface area contributed by atoms with Crippen molar-refractivity contribution in [3.63, 3.8) is 0 Å². The van der Waals surface area contributed by atoms with Crippen LogP contribution in [-0.4, -0.2) is 43.1 Å². The molecule has 0 aliphatic carbocycles. The van der Waals surface area contributed by atoms with Gasteiger partial charge in [-0.3, -0.25) is 9.59 Å². The molecule has 6 heteroatoms. The van der Waals surface area contributed by atoms with Gasteiger partial charge >= 0.3 is 0 Å². The first-order valence-corrected chi connectivity index (χ1v) is 7.52. The van der Waals surface area contributed by atoms with E-state index >= 15 is 0 Å². The number of nitrogens with zero attached hydrogens (tertiary/aromatic N) is 2. The summed E-state index contributed by atoms with van der Waals surface area (Å²) in [5.41, 5.74) is 0.712. The highest BCUT2D eigenvalue weighted by Crippen LogP contribution is 2.35. The Morgan fingerprint density at radius 1 is 1.14 bits per heavy atom. The lowest BCUT2D eigenvalue weighted by Crippen LogP contribution is -2.36. The van der Waals surface area contributed by atoms with Crippen LogP contribution >= 0.6 is 0 Å². The number of fused-ring (bicyclic) bond motifs is 1. The predicted octanol–water partition coefficient (Wildman–Crippen LogP) is 2.03. The van der Waals surface area contributed by atoms with Crippen molar-refractivity contribution in [2.24, 2.45) is 0 Å². The normalized spacial score (nSPS) is 12.1. The van der Waals surface area contributed by atoms with E-state index in [4.69, 9.17) is 9.47 Å². The minimum absolute atomic E-state index is 0.0528. The summed E-state index contributed by atoms with van der Waals surface area (Å²) in [7, 11) is 0. The van der Waals surface area contributed by atoms with Gasteiger partial charge in [0.1, 0.15) is 0 Å². The van der Waals surface area contributed by atoms with Gasteiger partial charge in [0.05, 0.1) is 0 Å². The van der Waals surface area contributed by atoms with Crippen molar-refractivity contribution in [2.75, 3.05) is 31.3 Å². The Bertz CT molecular complexity index is 555. The number of rotatable bonds is 6. The van der Waals surface area contributed by atoms with E-state index < -0.39 is 0 Å². The molecule has 0 aromatic heterocycles. The van der Waals surface area contributed by atoms with Gasteiger partial charge in [0.15, 0.2) is 11.5 Å². The Morgan fingerprint density at radius 2 is 1.82 bits per heavy atom. The summed E-state index contributed by atoms with van der Waals surface area (Å²) in [6.45, 7) is 7.29. The average Bonchev–Trinajstić information content (AvgIpc) is 2.96. The Hall–Kier alpha value is -2.24. The number of benzene rings is 1. The second kappa shape index (κ2) is 7.15. The number of carbonyl (C=O) groups excluding carboxylic acids is 2. The van der Waals surface area contributed by atoms with E-state index in [2.05, 4.69) is 0 Å². The van der Waals surface area contributed by atoms with Gasteiger partial charge in [-0.25, -0.2) is 0 Å². The molecule has 1 aliphatic heterocycles. The van der Waals surface area contributed by atoms with E-state index in [-0.39, 0.29) is 18.6 Å². The van der Waals surface area contributed by atoms with Crippen LogP contribution in [0.2, 0.25) is 0 Å². The minimum atomic E-state index is -0.105. The lowest BCUT2D eigenvalue weighted by molar-refractivity contribution is -0.130. The third-order valence-electron chi connectivity index (χ3n) is 3.71. The van der Waals surface area contributed by atoms with E-state index in [0.717, 1.165) is 0 Å². The fourth-order valence-electron chi connectivity index (χ4n) is 2.46. The lowest BCUT2D eigenvalue weighted by atomic mass is 10.2. The van der Waals surface area contributed by atoms with Gasteiger partial charge in [-0.15, -0.1) is 0 Å². The van der Waals surface area contributed by atoms with Crippen LogP contribution in [-0.2, 0) is 9.59 Å². The molecule has 0 radical (unpaired) electrons. The zero-order chi connectivity index (χ0) is 16.1. The highest BCUT2D eigenvalue weighted by molar-refractivity contribution is 5.92. The van der Waals surface area contributed by atoms with E-state index in [1.807, 2.05) is 13.8 Å². The van der Waals surface area contributed by atoms with Crippen LogP contribution in [0, 0.1) is 0 Å². The molecular formula is C16H22N2O4. The molecular weight excluding hydrogens is 284 g/mol. The van der Waals surface area contributed by atoms with Crippen LogP contribution in [0.3, 0.4) is 0 Å². The molecule has 1 aromatic rings. The number of anilines is 1. The number of hydrogen-bond donors (Lipinski definition) is 0. The van der Waals surface area contributed by atoms with Crippen LogP contribution in [0.1, 0.15) is 27.2 Å². The first-order chi connectivity index (χ1) is 10.6.